The van der Waals surface area contributed by atoms with E-state index in [1.54, 1.807) is 36.4 Å². The Balaban J connectivity index is 1.58. The van der Waals surface area contributed by atoms with Crippen molar-refractivity contribution in [3.05, 3.63) is 88.9 Å². The van der Waals surface area contributed by atoms with Gasteiger partial charge < -0.3 is 16.2 Å². The van der Waals surface area contributed by atoms with Gasteiger partial charge in [0.25, 0.3) is 5.91 Å². The molecule has 1 aliphatic rings. The zero-order chi connectivity index (χ0) is 28.4. The average molecular weight is 582 g/mol. The molecule has 208 valence electrons. The Bertz CT molecular complexity index is 1450. The molecule has 7 nitrogen and oxygen atoms in total. The first-order chi connectivity index (χ1) is 18.3. The van der Waals surface area contributed by atoms with Gasteiger partial charge in [0.15, 0.2) is 0 Å². The van der Waals surface area contributed by atoms with Crippen molar-refractivity contribution in [2.24, 2.45) is 5.92 Å². The van der Waals surface area contributed by atoms with Crippen molar-refractivity contribution >= 4 is 38.9 Å². The van der Waals surface area contributed by atoms with E-state index in [0.29, 0.717) is 5.56 Å². The Morgan fingerprint density at radius 3 is 2.31 bits per heavy atom. The van der Waals surface area contributed by atoms with E-state index in [4.69, 9.17) is 17.3 Å². The van der Waals surface area contributed by atoms with Crippen LogP contribution in [-0.2, 0) is 27.4 Å². The van der Waals surface area contributed by atoms with Gasteiger partial charge in [-0.2, -0.15) is 17.5 Å². The topological polar surface area (TPSA) is 113 Å². The molecule has 1 saturated heterocycles. The molecule has 0 aliphatic carbocycles. The Morgan fingerprint density at radius 1 is 1.03 bits per heavy atom. The second-order valence-electron chi connectivity index (χ2n) is 9.48. The quantitative estimate of drug-likeness (QED) is 0.342. The van der Waals surface area contributed by atoms with Crippen LogP contribution in [0.5, 0.6) is 0 Å². The van der Waals surface area contributed by atoms with Gasteiger partial charge in [-0.15, -0.1) is 0 Å². The van der Waals surface area contributed by atoms with Crippen molar-refractivity contribution in [1.29, 1.82) is 0 Å². The smallest absolute Gasteiger partial charge is 0.398 e. The van der Waals surface area contributed by atoms with Crippen molar-refractivity contribution in [2.45, 2.75) is 35.9 Å². The number of sulfonamides is 1. The number of alkyl halides is 3. The summed E-state index contributed by atoms with van der Waals surface area (Å²) < 4.78 is 67.6. The zero-order valence-electron chi connectivity index (χ0n) is 20.7. The molecule has 0 aromatic heterocycles. The lowest BCUT2D eigenvalue weighted by atomic mass is 9.76. The van der Waals surface area contributed by atoms with Crippen LogP contribution in [0.3, 0.4) is 0 Å². The van der Waals surface area contributed by atoms with E-state index >= 15 is 0 Å². The number of carbonyl (C=O) groups is 1. The summed E-state index contributed by atoms with van der Waals surface area (Å²) >= 11 is 5.96. The number of piperidine rings is 1. The van der Waals surface area contributed by atoms with Crippen molar-refractivity contribution in [3.63, 3.8) is 0 Å². The minimum absolute atomic E-state index is 0.0317. The van der Waals surface area contributed by atoms with E-state index < -0.39 is 44.9 Å². The number of hydrogen-bond acceptors (Lipinski definition) is 5. The number of rotatable bonds is 7. The number of hydrogen-bond donors (Lipinski definition) is 3. The predicted octanol–water partition coefficient (Wildman–Crippen LogP) is 4.95. The van der Waals surface area contributed by atoms with E-state index in [-0.39, 0.29) is 48.0 Å². The maximum atomic E-state index is 13.5. The molecule has 1 fully saturated rings. The third kappa shape index (κ3) is 6.38. The zero-order valence-corrected chi connectivity index (χ0v) is 22.2. The van der Waals surface area contributed by atoms with Crippen LogP contribution < -0.4 is 11.1 Å². The molecule has 12 heteroatoms. The van der Waals surface area contributed by atoms with Crippen LogP contribution in [0.1, 0.15) is 24.0 Å². The van der Waals surface area contributed by atoms with E-state index in [0.717, 1.165) is 12.1 Å². The Kier molecular flexibility index (Phi) is 8.27. The maximum absolute atomic E-state index is 13.5. The Hall–Kier alpha value is -3.12. The molecule has 0 saturated carbocycles. The fraction of sp³-hybridized carbons (Fsp3) is 0.296. The molecule has 3 aromatic carbocycles. The van der Waals surface area contributed by atoms with Crippen LogP contribution in [0, 0.1) is 5.92 Å². The molecule has 0 radical (unpaired) electrons. The number of nitrogens with two attached hydrogens (primary N) is 1. The Morgan fingerprint density at radius 2 is 1.69 bits per heavy atom. The minimum atomic E-state index is -4.73. The van der Waals surface area contributed by atoms with E-state index in [1.807, 2.05) is 0 Å². The first kappa shape index (κ1) is 28.9. The molecule has 1 heterocycles. The number of benzene rings is 3. The Labute approximate surface area is 229 Å². The van der Waals surface area contributed by atoms with Gasteiger partial charge in [-0.25, -0.2) is 8.42 Å². The van der Waals surface area contributed by atoms with Gasteiger partial charge in [0.1, 0.15) is 5.60 Å². The summed E-state index contributed by atoms with van der Waals surface area (Å²) in [5.74, 6) is -1.57. The van der Waals surface area contributed by atoms with Gasteiger partial charge in [0, 0.05) is 35.9 Å². The van der Waals surface area contributed by atoms with Crippen LogP contribution in [0.25, 0.3) is 0 Å². The molecule has 0 spiro atoms. The lowest BCUT2D eigenvalue weighted by Gasteiger charge is -2.40. The summed E-state index contributed by atoms with van der Waals surface area (Å²) in [4.78, 5) is 13.5. The van der Waals surface area contributed by atoms with Gasteiger partial charge in [-0.1, -0.05) is 48.0 Å². The summed E-state index contributed by atoms with van der Waals surface area (Å²) in [6.45, 7) is 0.0635. The number of nitrogen functional groups attached to an aromatic ring is 1. The summed E-state index contributed by atoms with van der Waals surface area (Å²) in [7, 11) is -3.86. The molecule has 1 unspecified atom stereocenters. The normalized spacial score (nSPS) is 16.9. The van der Waals surface area contributed by atoms with Crippen LogP contribution in [0.2, 0.25) is 5.02 Å². The van der Waals surface area contributed by atoms with Crippen LogP contribution >= 0.6 is 11.6 Å². The molecular weight excluding hydrogens is 555 g/mol. The molecular formula is C27H27ClF3N3O4S. The summed E-state index contributed by atoms with van der Waals surface area (Å²) in [6.07, 6.45) is -4.56. The first-order valence-electron chi connectivity index (χ1n) is 12.1. The molecule has 39 heavy (non-hydrogen) atoms. The first-order valence-corrected chi connectivity index (χ1v) is 13.9. The molecule has 1 atom stereocenters. The largest absolute Gasteiger partial charge is 0.418 e. The van der Waals surface area contributed by atoms with Gasteiger partial charge in [-0.05, 0) is 60.7 Å². The summed E-state index contributed by atoms with van der Waals surface area (Å²) in [5, 5.41) is 14.5. The summed E-state index contributed by atoms with van der Waals surface area (Å²) in [6, 6.07) is 17.6. The molecule has 4 N–H and O–H groups in total. The maximum Gasteiger partial charge on any atom is 0.418 e. The highest BCUT2D eigenvalue weighted by atomic mass is 35.5. The number of anilines is 2. The van der Waals surface area contributed by atoms with E-state index in [9.17, 15) is 31.5 Å². The number of nitrogens with zero attached hydrogens (tertiary/aromatic N) is 1. The lowest BCUT2D eigenvalue weighted by molar-refractivity contribution is -0.142. The number of halogens is 4. The van der Waals surface area contributed by atoms with Crippen LogP contribution in [0.4, 0.5) is 24.5 Å². The monoisotopic (exact) mass is 581 g/mol. The molecule has 3 aromatic rings. The van der Waals surface area contributed by atoms with Crippen molar-refractivity contribution in [1.82, 2.24) is 4.31 Å². The fourth-order valence-electron chi connectivity index (χ4n) is 4.79. The van der Waals surface area contributed by atoms with Crippen LogP contribution in [-0.4, -0.2) is 42.4 Å². The van der Waals surface area contributed by atoms with Gasteiger partial charge in [0.2, 0.25) is 10.0 Å². The van der Waals surface area contributed by atoms with Gasteiger partial charge >= 0.3 is 6.18 Å². The molecule has 0 bridgehead atoms. The highest BCUT2D eigenvalue weighted by Gasteiger charge is 2.46. The average Bonchev–Trinajstić information content (AvgIpc) is 2.89. The van der Waals surface area contributed by atoms with Gasteiger partial charge in [0.05, 0.1) is 10.5 Å². The highest BCUT2D eigenvalue weighted by Crippen LogP contribution is 2.37. The predicted molar refractivity (Wildman–Crippen MR) is 143 cm³/mol. The second-order valence-corrected chi connectivity index (χ2v) is 11.9. The molecule has 1 aliphatic heterocycles. The third-order valence-electron chi connectivity index (χ3n) is 6.89. The lowest BCUT2D eigenvalue weighted by Crippen LogP contribution is -2.54. The fourth-order valence-corrected chi connectivity index (χ4v) is 6.56. The minimum Gasteiger partial charge on any atom is -0.398 e. The van der Waals surface area contributed by atoms with Crippen LogP contribution in [0.15, 0.2) is 77.7 Å². The number of nitrogens with one attached hydrogen (secondary N) is 1. The standard InChI is InChI=1S/C27H27ClF3N3O4S/c28-20-7-4-8-22(15-20)39(37,38)34-13-11-19(12-14-34)26(36,17-18-5-2-1-3-6-18)25(35)33-21-9-10-24(32)23(16-21)27(29,30)31/h1-10,15-16,19,36H,11-14,17,32H2,(H,33,35). The van der Waals surface area contributed by atoms with E-state index in [2.05, 4.69) is 5.32 Å². The molecule has 1 amide bonds. The second kappa shape index (κ2) is 11.2. The third-order valence-corrected chi connectivity index (χ3v) is 9.02. The van der Waals surface area contributed by atoms with Crippen molar-refractivity contribution in [2.75, 3.05) is 24.1 Å². The van der Waals surface area contributed by atoms with E-state index in [1.165, 1.54) is 28.6 Å². The van der Waals surface area contributed by atoms with Gasteiger partial charge in [-0.3, -0.25) is 4.79 Å². The van der Waals surface area contributed by atoms with Crippen molar-refractivity contribution in [3.8, 4) is 0 Å². The number of aliphatic hydroxyl groups is 1. The summed E-state index contributed by atoms with van der Waals surface area (Å²) in [5.41, 5.74) is 2.30. The SMILES string of the molecule is Nc1ccc(NC(=O)C(O)(Cc2ccccc2)C2CCN(S(=O)(=O)c3cccc(Cl)c3)CC2)cc1C(F)(F)F. The number of amides is 1. The number of carbonyl (C=O) groups excluding carboxylic acids is 1. The highest BCUT2D eigenvalue weighted by molar-refractivity contribution is 7.89. The molecule has 4 rings (SSSR count). The van der Waals surface area contributed by atoms with Crippen molar-refractivity contribution < 1.29 is 31.5 Å².